The molecule has 1 saturated carbocycles. The summed E-state index contributed by atoms with van der Waals surface area (Å²) in [7, 11) is 0. The maximum Gasteiger partial charge on any atom is 0.133 e. The van der Waals surface area contributed by atoms with Crippen LogP contribution in [0.2, 0.25) is 0 Å². The summed E-state index contributed by atoms with van der Waals surface area (Å²) in [6.45, 7) is 13.6. The molecule has 24 heavy (non-hydrogen) atoms. The molecule has 1 aromatic carbocycles. The van der Waals surface area contributed by atoms with Crippen molar-refractivity contribution in [2.45, 2.75) is 38.6 Å². The number of ketones is 1. The standard InChI is InChI=1S/C18H27N3O.C2H4/c1-2-21(17-8-10-18(22)11-9-17)20-14-12-19(13-15-20)16-6-4-3-5-7-16;1-2/h3-7,17H,2,8-15H2,1H3;1-2H2. The Kier molecular flexibility index (Phi) is 7.47. The summed E-state index contributed by atoms with van der Waals surface area (Å²) in [5, 5.41) is 5.04. The van der Waals surface area contributed by atoms with Gasteiger partial charge in [0, 0.05) is 57.3 Å². The van der Waals surface area contributed by atoms with E-state index >= 15 is 0 Å². The first-order valence-corrected chi connectivity index (χ1v) is 9.11. The highest BCUT2D eigenvalue weighted by Gasteiger charge is 2.29. The average Bonchev–Trinajstić information content (AvgIpc) is 2.67. The topological polar surface area (TPSA) is 26.8 Å². The van der Waals surface area contributed by atoms with Crippen LogP contribution in [0.15, 0.2) is 43.5 Å². The Labute approximate surface area is 146 Å². The van der Waals surface area contributed by atoms with Crippen LogP contribution in [0.4, 0.5) is 5.69 Å². The lowest BCUT2D eigenvalue weighted by molar-refractivity contribution is -0.124. The molecular formula is C20H31N3O. The molecule has 2 fully saturated rings. The van der Waals surface area contributed by atoms with Crippen LogP contribution >= 0.6 is 0 Å². The number of para-hydroxylation sites is 1. The fourth-order valence-electron chi connectivity index (χ4n) is 3.76. The molecule has 3 rings (SSSR count). The van der Waals surface area contributed by atoms with Crippen LogP contribution in [0.25, 0.3) is 0 Å². The summed E-state index contributed by atoms with van der Waals surface area (Å²) in [5.41, 5.74) is 1.33. The maximum atomic E-state index is 11.5. The molecule has 0 unspecified atom stereocenters. The number of anilines is 1. The number of carbonyl (C=O) groups excluding carboxylic acids is 1. The number of Topliss-reactive ketones (excluding diaryl/α,β-unsaturated/α-hetero) is 1. The minimum atomic E-state index is 0.446. The zero-order chi connectivity index (χ0) is 17.4. The molecule has 1 aliphatic carbocycles. The fraction of sp³-hybridized carbons (Fsp3) is 0.550. The number of carbonyl (C=O) groups is 1. The van der Waals surface area contributed by atoms with Crippen molar-refractivity contribution in [1.29, 1.82) is 0 Å². The van der Waals surface area contributed by atoms with Crippen molar-refractivity contribution in [2.24, 2.45) is 0 Å². The summed E-state index contributed by atoms with van der Waals surface area (Å²) < 4.78 is 0. The van der Waals surface area contributed by atoms with Crippen LogP contribution in [0.5, 0.6) is 0 Å². The summed E-state index contributed by atoms with van der Waals surface area (Å²) in [6.07, 6.45) is 3.60. The summed E-state index contributed by atoms with van der Waals surface area (Å²) in [5.74, 6) is 0.446. The van der Waals surface area contributed by atoms with Crippen molar-refractivity contribution in [3.05, 3.63) is 43.5 Å². The Hall–Kier alpha value is -1.65. The minimum absolute atomic E-state index is 0.446. The van der Waals surface area contributed by atoms with Gasteiger partial charge in [-0.05, 0) is 25.0 Å². The normalized spacial score (nSPS) is 19.9. The van der Waals surface area contributed by atoms with Crippen LogP contribution in [-0.2, 0) is 4.79 Å². The highest BCUT2D eigenvalue weighted by atomic mass is 16.1. The summed E-state index contributed by atoms with van der Waals surface area (Å²) in [6, 6.07) is 11.2. The first-order chi connectivity index (χ1) is 11.8. The zero-order valence-corrected chi connectivity index (χ0v) is 15.0. The van der Waals surface area contributed by atoms with E-state index in [1.807, 2.05) is 0 Å². The van der Waals surface area contributed by atoms with Gasteiger partial charge in [0.05, 0.1) is 0 Å². The van der Waals surface area contributed by atoms with Crippen molar-refractivity contribution in [3.8, 4) is 0 Å². The molecule has 1 aromatic rings. The maximum absolute atomic E-state index is 11.5. The van der Waals surface area contributed by atoms with Crippen LogP contribution in [0.1, 0.15) is 32.6 Å². The minimum Gasteiger partial charge on any atom is -0.369 e. The van der Waals surface area contributed by atoms with E-state index in [9.17, 15) is 4.79 Å². The van der Waals surface area contributed by atoms with Gasteiger partial charge >= 0.3 is 0 Å². The number of hydrogen-bond acceptors (Lipinski definition) is 4. The average molecular weight is 329 g/mol. The van der Waals surface area contributed by atoms with Gasteiger partial charge in [0.15, 0.2) is 0 Å². The summed E-state index contributed by atoms with van der Waals surface area (Å²) >= 11 is 0. The van der Waals surface area contributed by atoms with Gasteiger partial charge in [-0.2, -0.15) is 0 Å². The van der Waals surface area contributed by atoms with Gasteiger partial charge in [-0.15, -0.1) is 13.2 Å². The molecule has 4 heteroatoms. The SMILES string of the molecule is C=C.CCN(C1CCC(=O)CC1)N1CCN(c2ccccc2)CC1. The smallest absolute Gasteiger partial charge is 0.133 e. The number of benzene rings is 1. The third kappa shape index (κ3) is 4.68. The molecule has 0 N–H and O–H groups in total. The van der Waals surface area contributed by atoms with E-state index in [2.05, 4.69) is 65.3 Å². The Balaban J connectivity index is 0.00000100. The van der Waals surface area contributed by atoms with Gasteiger partial charge in [0.1, 0.15) is 5.78 Å². The molecular weight excluding hydrogens is 298 g/mol. The largest absolute Gasteiger partial charge is 0.369 e. The molecule has 0 atom stereocenters. The van der Waals surface area contributed by atoms with E-state index in [-0.39, 0.29) is 0 Å². The molecule has 4 nitrogen and oxygen atoms in total. The molecule has 0 spiro atoms. The highest BCUT2D eigenvalue weighted by Crippen LogP contribution is 2.23. The van der Waals surface area contributed by atoms with Crippen LogP contribution in [0.3, 0.4) is 0 Å². The first-order valence-electron chi connectivity index (χ1n) is 9.11. The quantitative estimate of drug-likeness (QED) is 0.792. The molecule has 0 amide bonds. The lowest BCUT2D eigenvalue weighted by Crippen LogP contribution is -2.57. The Morgan fingerprint density at radius 3 is 2.17 bits per heavy atom. The molecule has 0 aromatic heterocycles. The van der Waals surface area contributed by atoms with Gasteiger partial charge in [0.25, 0.3) is 0 Å². The monoisotopic (exact) mass is 329 g/mol. The number of nitrogens with zero attached hydrogens (tertiary/aromatic N) is 3. The molecule has 0 radical (unpaired) electrons. The van der Waals surface area contributed by atoms with E-state index in [0.29, 0.717) is 11.8 Å². The third-order valence-corrected chi connectivity index (χ3v) is 5.00. The van der Waals surface area contributed by atoms with E-state index in [1.54, 1.807) is 0 Å². The second-order valence-corrected chi connectivity index (χ2v) is 6.30. The van der Waals surface area contributed by atoms with Crippen molar-refractivity contribution in [1.82, 2.24) is 10.0 Å². The molecule has 1 saturated heterocycles. The van der Waals surface area contributed by atoms with Crippen molar-refractivity contribution in [3.63, 3.8) is 0 Å². The molecule has 1 heterocycles. The number of hydrazine groups is 1. The predicted octanol–water partition coefficient (Wildman–Crippen LogP) is 3.36. The van der Waals surface area contributed by atoms with Gasteiger partial charge in [-0.25, -0.2) is 10.0 Å². The zero-order valence-electron chi connectivity index (χ0n) is 15.0. The van der Waals surface area contributed by atoms with Gasteiger partial charge in [-0.3, -0.25) is 4.79 Å². The lowest BCUT2D eigenvalue weighted by Gasteiger charge is -2.45. The van der Waals surface area contributed by atoms with Crippen LogP contribution in [0, 0.1) is 0 Å². The van der Waals surface area contributed by atoms with Crippen LogP contribution in [-0.4, -0.2) is 54.6 Å². The number of piperazine rings is 1. The highest BCUT2D eigenvalue weighted by molar-refractivity contribution is 5.79. The Bertz CT molecular complexity index is 487. The van der Waals surface area contributed by atoms with Gasteiger partial charge < -0.3 is 4.90 Å². The van der Waals surface area contributed by atoms with E-state index in [0.717, 1.165) is 58.4 Å². The Morgan fingerprint density at radius 1 is 1.04 bits per heavy atom. The fourth-order valence-corrected chi connectivity index (χ4v) is 3.76. The predicted molar refractivity (Wildman–Crippen MR) is 101 cm³/mol. The van der Waals surface area contributed by atoms with E-state index < -0.39 is 0 Å². The van der Waals surface area contributed by atoms with Gasteiger partial charge in [0.2, 0.25) is 0 Å². The van der Waals surface area contributed by atoms with Crippen LogP contribution < -0.4 is 4.90 Å². The second kappa shape index (κ2) is 9.60. The summed E-state index contributed by atoms with van der Waals surface area (Å²) in [4.78, 5) is 13.9. The lowest BCUT2D eigenvalue weighted by atomic mass is 9.94. The number of rotatable bonds is 4. The van der Waals surface area contributed by atoms with E-state index in [4.69, 9.17) is 0 Å². The second-order valence-electron chi connectivity index (χ2n) is 6.30. The van der Waals surface area contributed by atoms with Crippen molar-refractivity contribution in [2.75, 3.05) is 37.6 Å². The molecule has 0 bridgehead atoms. The first kappa shape index (κ1) is 18.7. The number of hydrogen-bond donors (Lipinski definition) is 0. The van der Waals surface area contributed by atoms with E-state index in [1.165, 1.54) is 5.69 Å². The molecule has 2 aliphatic rings. The third-order valence-electron chi connectivity index (χ3n) is 5.00. The molecule has 1 aliphatic heterocycles. The van der Waals surface area contributed by atoms with Crippen molar-refractivity contribution >= 4 is 11.5 Å². The van der Waals surface area contributed by atoms with Crippen molar-refractivity contribution < 1.29 is 4.79 Å². The molecule has 132 valence electrons. The Morgan fingerprint density at radius 2 is 1.62 bits per heavy atom. The van der Waals surface area contributed by atoms with Gasteiger partial charge in [-0.1, -0.05) is 25.1 Å².